The third-order valence-electron chi connectivity index (χ3n) is 3.58. The fraction of sp³-hybridized carbons (Fsp3) is 0.222. The molecule has 2 rings (SSSR count). The smallest absolute Gasteiger partial charge is 0.303 e. The molecule has 0 aliphatic heterocycles. The van der Waals surface area contributed by atoms with Crippen molar-refractivity contribution in [1.82, 2.24) is 0 Å². The summed E-state index contributed by atoms with van der Waals surface area (Å²) in [5.41, 5.74) is 0.481. The van der Waals surface area contributed by atoms with Gasteiger partial charge in [-0.2, -0.15) is 0 Å². The van der Waals surface area contributed by atoms with Crippen LogP contribution in [0.4, 0.5) is 5.69 Å². The molecule has 25 heavy (non-hydrogen) atoms. The van der Waals surface area contributed by atoms with Crippen molar-refractivity contribution in [2.75, 3.05) is 5.32 Å². The van der Waals surface area contributed by atoms with Crippen LogP contribution in [0.5, 0.6) is 0 Å². The summed E-state index contributed by atoms with van der Waals surface area (Å²) in [7, 11) is -3.86. The summed E-state index contributed by atoms with van der Waals surface area (Å²) in [5, 5.41) is 1.32. The van der Waals surface area contributed by atoms with Crippen LogP contribution < -0.4 is 5.32 Å². The monoisotopic (exact) mass is 361 g/mol. The minimum absolute atomic E-state index is 0.0622. The van der Waals surface area contributed by atoms with Crippen LogP contribution in [-0.4, -0.2) is 31.6 Å². The van der Waals surface area contributed by atoms with E-state index in [2.05, 4.69) is 5.32 Å². The normalized spacial score (nSPS) is 13.5. The van der Waals surface area contributed by atoms with Crippen LogP contribution >= 0.6 is 0 Å². The first kappa shape index (κ1) is 18.7. The Bertz CT molecular complexity index is 834. The van der Waals surface area contributed by atoms with Crippen molar-refractivity contribution in [3.05, 3.63) is 60.7 Å². The van der Waals surface area contributed by atoms with Gasteiger partial charge in [-0.05, 0) is 31.2 Å². The molecular formula is C18H19NO5S. The fourth-order valence-corrected chi connectivity index (χ4v) is 3.73. The highest BCUT2D eigenvalue weighted by molar-refractivity contribution is 7.92. The number of carbonyl (C=O) groups excluding carboxylic acids is 2. The molecule has 0 aromatic heterocycles. The largest absolute Gasteiger partial charge is 0.451 e. The Kier molecular flexibility index (Phi) is 5.93. The van der Waals surface area contributed by atoms with Crippen LogP contribution in [0, 0.1) is 0 Å². The van der Waals surface area contributed by atoms with Gasteiger partial charge < -0.3 is 10.1 Å². The van der Waals surface area contributed by atoms with Gasteiger partial charge in [0.2, 0.25) is 0 Å². The fourth-order valence-electron chi connectivity index (χ4n) is 2.26. The second-order valence-electron chi connectivity index (χ2n) is 5.45. The van der Waals surface area contributed by atoms with E-state index < -0.39 is 33.1 Å². The van der Waals surface area contributed by atoms with E-state index in [4.69, 9.17) is 4.74 Å². The number of para-hydroxylation sites is 1. The summed E-state index contributed by atoms with van der Waals surface area (Å²) in [6.45, 7) is 2.48. The Morgan fingerprint density at radius 1 is 0.960 bits per heavy atom. The number of sulfone groups is 1. The highest BCUT2D eigenvalue weighted by Gasteiger charge is 2.38. The maximum Gasteiger partial charge on any atom is 0.303 e. The Morgan fingerprint density at radius 2 is 1.48 bits per heavy atom. The zero-order valence-corrected chi connectivity index (χ0v) is 14.7. The molecule has 0 aliphatic carbocycles. The van der Waals surface area contributed by atoms with Gasteiger partial charge in [0.05, 0.1) is 4.90 Å². The molecule has 6 nitrogen and oxygen atoms in total. The number of hydrogen-bond donors (Lipinski definition) is 1. The minimum Gasteiger partial charge on any atom is -0.451 e. The molecule has 1 amide bonds. The number of ether oxygens (including phenoxy) is 1. The maximum absolute atomic E-state index is 12.7. The molecule has 0 heterocycles. The van der Waals surface area contributed by atoms with Crippen molar-refractivity contribution < 1.29 is 22.7 Å². The van der Waals surface area contributed by atoms with E-state index in [1.54, 1.807) is 48.5 Å². The highest BCUT2D eigenvalue weighted by atomic mass is 32.2. The number of esters is 1. The Labute approximate surface area is 146 Å². The maximum atomic E-state index is 12.7. The third kappa shape index (κ3) is 4.67. The summed E-state index contributed by atoms with van der Waals surface area (Å²) in [6, 6.07) is 16.3. The van der Waals surface area contributed by atoms with E-state index in [0.717, 1.165) is 6.92 Å². The van der Waals surface area contributed by atoms with Crippen LogP contribution in [0.3, 0.4) is 0 Å². The van der Waals surface area contributed by atoms with E-state index in [9.17, 15) is 18.0 Å². The molecular weight excluding hydrogens is 342 g/mol. The molecule has 0 radical (unpaired) electrons. The lowest BCUT2D eigenvalue weighted by molar-refractivity contribution is -0.151. The Balaban J connectivity index is 2.30. The number of amides is 1. The minimum atomic E-state index is -3.86. The van der Waals surface area contributed by atoms with Crippen molar-refractivity contribution in [2.45, 2.75) is 30.1 Å². The van der Waals surface area contributed by atoms with Crippen LogP contribution in [-0.2, 0) is 24.2 Å². The van der Waals surface area contributed by atoms with Gasteiger partial charge in [0.1, 0.15) is 5.25 Å². The molecule has 7 heteroatoms. The molecule has 0 saturated carbocycles. The van der Waals surface area contributed by atoms with Crippen molar-refractivity contribution in [3.63, 3.8) is 0 Å². The number of carbonyl (C=O) groups is 2. The molecule has 0 saturated heterocycles. The van der Waals surface area contributed by atoms with Gasteiger partial charge in [0, 0.05) is 12.6 Å². The zero-order chi connectivity index (χ0) is 18.4. The number of benzene rings is 2. The van der Waals surface area contributed by atoms with Crippen LogP contribution in [0.15, 0.2) is 65.6 Å². The number of anilines is 1. The summed E-state index contributed by atoms with van der Waals surface area (Å²) < 4.78 is 30.5. The van der Waals surface area contributed by atoms with Crippen LogP contribution in [0.1, 0.15) is 13.8 Å². The van der Waals surface area contributed by atoms with Gasteiger partial charge in [0.15, 0.2) is 15.9 Å². The SMILES string of the molecule is CC(=O)O[C@@H](C(=O)Nc1ccccc1)[C@@H](C)S(=O)(=O)c1ccccc1. The molecule has 0 spiro atoms. The number of nitrogens with one attached hydrogen (secondary N) is 1. The zero-order valence-electron chi connectivity index (χ0n) is 13.9. The standard InChI is InChI=1S/C18H19NO5S/c1-13(25(22,23)16-11-7-4-8-12-16)17(24-14(2)20)18(21)19-15-9-5-3-6-10-15/h3-13,17H,1-2H3,(H,19,21)/t13-,17-/m1/s1. The quantitative estimate of drug-likeness (QED) is 0.798. The molecule has 0 fully saturated rings. The Morgan fingerprint density at radius 3 is 2.00 bits per heavy atom. The average molecular weight is 361 g/mol. The topological polar surface area (TPSA) is 89.5 Å². The van der Waals surface area contributed by atoms with Gasteiger partial charge in [-0.15, -0.1) is 0 Å². The van der Waals surface area contributed by atoms with E-state index in [1.165, 1.54) is 19.1 Å². The first-order valence-electron chi connectivity index (χ1n) is 7.64. The molecule has 2 atom stereocenters. The summed E-state index contributed by atoms with van der Waals surface area (Å²) in [5.74, 6) is -1.43. The molecule has 1 N–H and O–H groups in total. The van der Waals surface area contributed by atoms with Gasteiger partial charge in [-0.3, -0.25) is 9.59 Å². The van der Waals surface area contributed by atoms with Crippen molar-refractivity contribution in [3.8, 4) is 0 Å². The van der Waals surface area contributed by atoms with E-state index >= 15 is 0 Å². The van der Waals surface area contributed by atoms with Crippen molar-refractivity contribution in [2.24, 2.45) is 0 Å². The van der Waals surface area contributed by atoms with E-state index in [-0.39, 0.29) is 4.90 Å². The van der Waals surface area contributed by atoms with E-state index in [0.29, 0.717) is 5.69 Å². The second-order valence-corrected chi connectivity index (χ2v) is 7.75. The molecule has 2 aromatic rings. The summed E-state index contributed by atoms with van der Waals surface area (Å²) in [6.07, 6.45) is -1.47. The van der Waals surface area contributed by atoms with Crippen LogP contribution in [0.25, 0.3) is 0 Å². The third-order valence-corrected chi connectivity index (χ3v) is 5.74. The molecule has 0 aliphatic rings. The molecule has 2 aromatic carbocycles. The average Bonchev–Trinajstić information content (AvgIpc) is 2.60. The Hall–Kier alpha value is -2.67. The molecule has 0 bridgehead atoms. The number of rotatable bonds is 6. The lowest BCUT2D eigenvalue weighted by Gasteiger charge is -2.23. The molecule has 0 unspecified atom stereocenters. The summed E-state index contributed by atoms with van der Waals surface area (Å²) in [4.78, 5) is 24.0. The second kappa shape index (κ2) is 7.94. The van der Waals surface area contributed by atoms with Gasteiger partial charge in [-0.1, -0.05) is 36.4 Å². The lowest BCUT2D eigenvalue weighted by atomic mass is 10.2. The first-order valence-corrected chi connectivity index (χ1v) is 9.19. The summed E-state index contributed by atoms with van der Waals surface area (Å²) >= 11 is 0. The molecule has 132 valence electrons. The number of hydrogen-bond acceptors (Lipinski definition) is 5. The highest BCUT2D eigenvalue weighted by Crippen LogP contribution is 2.21. The first-order chi connectivity index (χ1) is 11.8. The predicted molar refractivity (Wildman–Crippen MR) is 93.7 cm³/mol. The van der Waals surface area contributed by atoms with Gasteiger partial charge >= 0.3 is 5.97 Å². The van der Waals surface area contributed by atoms with Gasteiger partial charge in [-0.25, -0.2) is 8.42 Å². The van der Waals surface area contributed by atoms with Crippen molar-refractivity contribution >= 4 is 27.4 Å². The van der Waals surface area contributed by atoms with E-state index in [1.807, 2.05) is 0 Å². The van der Waals surface area contributed by atoms with Crippen molar-refractivity contribution in [1.29, 1.82) is 0 Å². The van der Waals surface area contributed by atoms with Crippen LogP contribution in [0.2, 0.25) is 0 Å². The van der Waals surface area contributed by atoms with Gasteiger partial charge in [0.25, 0.3) is 5.91 Å². The predicted octanol–water partition coefficient (Wildman–Crippen LogP) is 2.42. The lowest BCUT2D eigenvalue weighted by Crippen LogP contribution is -2.43.